The maximum absolute atomic E-state index is 12.1. The molecule has 2 N–H and O–H groups in total. The molecule has 2 unspecified atom stereocenters. The van der Waals surface area contributed by atoms with Gasteiger partial charge in [0, 0.05) is 19.3 Å². The van der Waals surface area contributed by atoms with Gasteiger partial charge in [0.15, 0.2) is 0 Å². The van der Waals surface area contributed by atoms with Crippen molar-refractivity contribution in [2.75, 3.05) is 13.6 Å². The molecule has 0 radical (unpaired) electrons. The van der Waals surface area contributed by atoms with E-state index in [0.717, 1.165) is 19.3 Å². The fraction of sp³-hybridized carbons (Fsp3) is 0.727. The number of hydrogen-bond acceptors (Lipinski definition) is 4. The molecule has 0 bridgehead atoms. The van der Waals surface area contributed by atoms with Crippen LogP contribution in [0.25, 0.3) is 0 Å². The van der Waals surface area contributed by atoms with Crippen LogP contribution in [0.1, 0.15) is 19.3 Å². The van der Waals surface area contributed by atoms with Gasteiger partial charge in [-0.15, -0.1) is 5.10 Å². The van der Waals surface area contributed by atoms with E-state index in [0.29, 0.717) is 12.5 Å². The van der Waals surface area contributed by atoms with Crippen LogP contribution in [0.15, 0.2) is 12.4 Å². The summed E-state index contributed by atoms with van der Waals surface area (Å²) in [5.74, 6) is 0.514. The number of carbonyl (C=O) groups is 1. The highest BCUT2D eigenvalue weighted by Crippen LogP contribution is 2.28. The van der Waals surface area contributed by atoms with Crippen LogP contribution < -0.4 is 5.73 Å². The number of nitrogens with two attached hydrogens (primary N) is 1. The number of rotatable bonds is 4. The van der Waals surface area contributed by atoms with Crippen LogP contribution in [0.2, 0.25) is 0 Å². The summed E-state index contributed by atoms with van der Waals surface area (Å²) in [5.41, 5.74) is 5.73. The minimum atomic E-state index is 0.0702. The van der Waals surface area contributed by atoms with Gasteiger partial charge < -0.3 is 10.6 Å². The Bertz CT molecular complexity index is 364. The second-order valence-electron chi connectivity index (χ2n) is 4.60. The summed E-state index contributed by atoms with van der Waals surface area (Å²) < 4.78 is 1.55. The monoisotopic (exact) mass is 237 g/mol. The number of carbonyl (C=O) groups excluding carboxylic acids is 1. The molecule has 0 aliphatic heterocycles. The van der Waals surface area contributed by atoms with Gasteiger partial charge in [-0.05, 0) is 25.3 Å². The normalized spacial score (nSPS) is 23.9. The third-order valence-corrected chi connectivity index (χ3v) is 3.58. The fourth-order valence-corrected chi connectivity index (χ4v) is 2.55. The lowest BCUT2D eigenvalue weighted by atomic mass is 10.0. The Morgan fingerprint density at radius 1 is 1.59 bits per heavy atom. The molecule has 6 nitrogen and oxygen atoms in total. The lowest BCUT2D eigenvalue weighted by Crippen LogP contribution is -2.43. The molecular weight excluding hydrogens is 218 g/mol. The number of aromatic nitrogens is 3. The minimum Gasteiger partial charge on any atom is -0.341 e. The Kier molecular flexibility index (Phi) is 3.73. The van der Waals surface area contributed by atoms with Gasteiger partial charge in [-0.25, -0.2) is 4.68 Å². The van der Waals surface area contributed by atoms with Gasteiger partial charge in [-0.1, -0.05) is 11.6 Å². The Morgan fingerprint density at radius 3 is 3.06 bits per heavy atom. The van der Waals surface area contributed by atoms with E-state index in [2.05, 4.69) is 10.3 Å². The summed E-state index contributed by atoms with van der Waals surface area (Å²) in [5, 5.41) is 7.48. The lowest BCUT2D eigenvalue weighted by molar-refractivity contribution is -0.133. The van der Waals surface area contributed by atoms with Gasteiger partial charge >= 0.3 is 0 Å². The van der Waals surface area contributed by atoms with Crippen LogP contribution in [-0.2, 0) is 11.3 Å². The summed E-state index contributed by atoms with van der Waals surface area (Å²) in [7, 11) is 1.86. The SMILES string of the molecule is CN(C(=O)Cn1ccnn1)C1CCCC1CN. The largest absolute Gasteiger partial charge is 0.341 e. The highest BCUT2D eigenvalue weighted by atomic mass is 16.2. The van der Waals surface area contributed by atoms with E-state index >= 15 is 0 Å². The van der Waals surface area contributed by atoms with E-state index in [1.807, 2.05) is 11.9 Å². The van der Waals surface area contributed by atoms with Gasteiger partial charge in [0.2, 0.25) is 5.91 Å². The van der Waals surface area contributed by atoms with Gasteiger partial charge in [0.25, 0.3) is 0 Å². The maximum Gasteiger partial charge on any atom is 0.244 e. The molecule has 0 aromatic carbocycles. The van der Waals surface area contributed by atoms with E-state index in [4.69, 9.17) is 5.73 Å². The van der Waals surface area contributed by atoms with E-state index in [-0.39, 0.29) is 18.5 Å². The number of nitrogens with zero attached hydrogens (tertiary/aromatic N) is 4. The molecule has 1 aliphatic rings. The Balaban J connectivity index is 1.94. The fourth-order valence-electron chi connectivity index (χ4n) is 2.55. The average Bonchev–Trinajstić information content (AvgIpc) is 2.97. The summed E-state index contributed by atoms with van der Waals surface area (Å²) in [6, 6.07) is 0.288. The molecule has 6 heteroatoms. The lowest BCUT2D eigenvalue weighted by Gasteiger charge is -2.29. The van der Waals surface area contributed by atoms with Crippen molar-refractivity contribution in [3.8, 4) is 0 Å². The third kappa shape index (κ3) is 2.63. The molecule has 1 amide bonds. The topological polar surface area (TPSA) is 77.0 Å². The number of amides is 1. The zero-order valence-corrected chi connectivity index (χ0v) is 10.1. The zero-order valence-electron chi connectivity index (χ0n) is 10.1. The average molecular weight is 237 g/mol. The van der Waals surface area contributed by atoms with Gasteiger partial charge in [0.05, 0.1) is 6.20 Å². The second-order valence-corrected chi connectivity index (χ2v) is 4.60. The highest BCUT2D eigenvalue weighted by molar-refractivity contribution is 5.76. The molecule has 1 aromatic heterocycles. The molecule has 2 rings (SSSR count). The van der Waals surface area contributed by atoms with Crippen LogP contribution in [0.4, 0.5) is 0 Å². The van der Waals surface area contributed by atoms with Crippen molar-refractivity contribution in [3.05, 3.63) is 12.4 Å². The molecule has 1 fully saturated rings. The molecule has 1 saturated carbocycles. The zero-order chi connectivity index (χ0) is 12.3. The molecule has 0 saturated heterocycles. The number of hydrogen-bond donors (Lipinski definition) is 1. The first kappa shape index (κ1) is 12.0. The quantitative estimate of drug-likeness (QED) is 0.791. The van der Waals surface area contributed by atoms with Gasteiger partial charge in [0.1, 0.15) is 6.54 Å². The summed E-state index contributed by atoms with van der Waals surface area (Å²) in [4.78, 5) is 13.9. The molecule has 0 spiro atoms. The van der Waals surface area contributed by atoms with E-state index in [9.17, 15) is 4.79 Å². The molecule has 1 aliphatic carbocycles. The Labute approximate surface area is 101 Å². The van der Waals surface area contributed by atoms with Crippen molar-refractivity contribution < 1.29 is 4.79 Å². The van der Waals surface area contributed by atoms with Crippen LogP contribution in [0.3, 0.4) is 0 Å². The Hall–Kier alpha value is -1.43. The second kappa shape index (κ2) is 5.27. The predicted octanol–water partition coefficient (Wildman–Crippen LogP) is -0.136. The van der Waals surface area contributed by atoms with Crippen LogP contribution in [0.5, 0.6) is 0 Å². The van der Waals surface area contributed by atoms with Crippen molar-refractivity contribution in [2.45, 2.75) is 31.8 Å². The van der Waals surface area contributed by atoms with E-state index in [1.54, 1.807) is 17.1 Å². The van der Waals surface area contributed by atoms with Crippen molar-refractivity contribution in [2.24, 2.45) is 11.7 Å². The maximum atomic E-state index is 12.1. The van der Waals surface area contributed by atoms with Crippen LogP contribution in [-0.4, -0.2) is 45.4 Å². The van der Waals surface area contributed by atoms with Crippen LogP contribution in [0, 0.1) is 5.92 Å². The standard InChI is InChI=1S/C11H19N5O/c1-15(10-4-2-3-9(10)7-12)11(17)8-16-6-5-13-14-16/h5-6,9-10H,2-4,7-8,12H2,1H3. The van der Waals surface area contributed by atoms with Crippen LogP contribution >= 0.6 is 0 Å². The smallest absolute Gasteiger partial charge is 0.244 e. The molecule has 1 heterocycles. The predicted molar refractivity (Wildman–Crippen MR) is 63.0 cm³/mol. The minimum absolute atomic E-state index is 0.0702. The van der Waals surface area contributed by atoms with E-state index in [1.165, 1.54) is 0 Å². The van der Waals surface area contributed by atoms with Crippen molar-refractivity contribution in [3.63, 3.8) is 0 Å². The molecule has 17 heavy (non-hydrogen) atoms. The first-order valence-electron chi connectivity index (χ1n) is 6.02. The first-order valence-corrected chi connectivity index (χ1v) is 6.02. The highest BCUT2D eigenvalue weighted by Gasteiger charge is 2.31. The summed E-state index contributed by atoms with van der Waals surface area (Å²) >= 11 is 0. The van der Waals surface area contributed by atoms with Crippen molar-refractivity contribution in [1.29, 1.82) is 0 Å². The molecule has 2 atom stereocenters. The first-order chi connectivity index (χ1) is 8.22. The summed E-state index contributed by atoms with van der Waals surface area (Å²) in [6.07, 6.45) is 6.61. The Morgan fingerprint density at radius 2 is 2.41 bits per heavy atom. The summed E-state index contributed by atoms with van der Waals surface area (Å²) in [6.45, 7) is 0.913. The molecule has 1 aromatic rings. The van der Waals surface area contributed by atoms with Gasteiger partial charge in [-0.2, -0.15) is 0 Å². The molecule has 94 valence electrons. The van der Waals surface area contributed by atoms with Crippen molar-refractivity contribution in [1.82, 2.24) is 19.9 Å². The van der Waals surface area contributed by atoms with E-state index < -0.39 is 0 Å². The third-order valence-electron chi connectivity index (χ3n) is 3.58. The number of likely N-dealkylation sites (N-methyl/N-ethyl adjacent to an activating group) is 1. The van der Waals surface area contributed by atoms with Crippen molar-refractivity contribution >= 4 is 5.91 Å². The van der Waals surface area contributed by atoms with Gasteiger partial charge in [-0.3, -0.25) is 4.79 Å². The molecular formula is C11H19N5O.